The molecule has 2 aromatic carbocycles. The van der Waals surface area contributed by atoms with Gasteiger partial charge < -0.3 is 14.6 Å². The summed E-state index contributed by atoms with van der Waals surface area (Å²) in [5, 5.41) is 14.6. The van der Waals surface area contributed by atoms with Crippen molar-refractivity contribution in [1.29, 1.82) is 0 Å². The summed E-state index contributed by atoms with van der Waals surface area (Å²) < 4.78 is 7.71. The number of nitrogens with one attached hydrogen (secondary N) is 1. The predicted octanol–water partition coefficient (Wildman–Crippen LogP) is 3.82. The maximum absolute atomic E-state index is 13.5. The van der Waals surface area contributed by atoms with Gasteiger partial charge in [0.05, 0.1) is 12.6 Å². The molecule has 2 saturated heterocycles. The second-order valence-corrected chi connectivity index (χ2v) is 10.5. The van der Waals surface area contributed by atoms with Crippen molar-refractivity contribution in [3.05, 3.63) is 80.9 Å². The fourth-order valence-electron chi connectivity index (χ4n) is 5.62. The number of ether oxygens (including phenoxy) is 1. The van der Waals surface area contributed by atoms with Crippen LogP contribution >= 0.6 is 11.6 Å². The van der Waals surface area contributed by atoms with Crippen LogP contribution in [0.1, 0.15) is 42.8 Å². The van der Waals surface area contributed by atoms with Gasteiger partial charge in [0.2, 0.25) is 0 Å². The van der Waals surface area contributed by atoms with Gasteiger partial charge in [-0.25, -0.2) is 4.68 Å². The minimum absolute atomic E-state index is 0.0829. The third-order valence-electron chi connectivity index (χ3n) is 7.70. The van der Waals surface area contributed by atoms with Gasteiger partial charge in [-0.2, -0.15) is 0 Å². The second-order valence-electron chi connectivity index (χ2n) is 10.1. The highest BCUT2D eigenvalue weighted by atomic mass is 35.5. The molecule has 4 heterocycles. The fraction of sp³-hybridized carbons (Fsp3) is 0.429. The van der Waals surface area contributed by atoms with Crippen LogP contribution in [0.4, 0.5) is 5.69 Å². The van der Waals surface area contributed by atoms with E-state index in [1.165, 1.54) is 5.56 Å². The quantitative estimate of drug-likeness (QED) is 0.386. The number of rotatable bonds is 7. The Kier molecular flexibility index (Phi) is 7.14. The molecule has 2 aromatic heterocycles. The van der Waals surface area contributed by atoms with Crippen molar-refractivity contribution < 1.29 is 4.74 Å². The summed E-state index contributed by atoms with van der Waals surface area (Å²) >= 11 is 6.25. The van der Waals surface area contributed by atoms with Crippen molar-refractivity contribution in [3.8, 4) is 0 Å². The molecular weight excluding hydrogens is 502 g/mol. The summed E-state index contributed by atoms with van der Waals surface area (Å²) in [5.41, 5.74) is 3.71. The molecule has 0 radical (unpaired) electrons. The Bertz CT molecular complexity index is 1470. The summed E-state index contributed by atoms with van der Waals surface area (Å²) in [6, 6.07) is 15.8. The Hall–Kier alpha value is -3.27. The van der Waals surface area contributed by atoms with E-state index in [9.17, 15) is 4.79 Å². The normalized spacial score (nSPS) is 19.3. The molecule has 0 spiro atoms. The van der Waals surface area contributed by atoms with Crippen LogP contribution in [0.5, 0.6) is 0 Å². The molecule has 198 valence electrons. The molecule has 2 aliphatic rings. The first-order chi connectivity index (χ1) is 18.6. The minimum atomic E-state index is -0.383. The van der Waals surface area contributed by atoms with E-state index in [0.29, 0.717) is 17.9 Å². The van der Waals surface area contributed by atoms with Crippen molar-refractivity contribution in [2.75, 3.05) is 37.7 Å². The number of fused-ring (bicyclic) bond motifs is 1. The first-order valence-corrected chi connectivity index (χ1v) is 13.7. The Balaban J connectivity index is 1.37. The van der Waals surface area contributed by atoms with Crippen molar-refractivity contribution in [2.45, 2.75) is 44.9 Å². The summed E-state index contributed by atoms with van der Waals surface area (Å²) in [4.78, 5) is 21.3. The fourth-order valence-corrected chi connectivity index (χ4v) is 5.81. The lowest BCUT2D eigenvalue weighted by Gasteiger charge is -2.39. The molecule has 9 nitrogen and oxygen atoms in total. The first kappa shape index (κ1) is 25.0. The van der Waals surface area contributed by atoms with E-state index in [1.807, 2.05) is 35.0 Å². The van der Waals surface area contributed by atoms with Gasteiger partial charge in [-0.05, 0) is 77.0 Å². The van der Waals surface area contributed by atoms with Crippen LogP contribution in [-0.2, 0) is 17.7 Å². The molecule has 2 atom stereocenters. The topological polar surface area (TPSA) is 92.2 Å². The molecule has 38 heavy (non-hydrogen) atoms. The number of nitrogens with zero attached hydrogens (tertiary/aromatic N) is 6. The number of benzene rings is 2. The molecule has 2 aliphatic heterocycles. The number of hydrogen-bond donors (Lipinski definition) is 1. The van der Waals surface area contributed by atoms with Crippen LogP contribution in [-0.4, -0.2) is 69.0 Å². The number of pyridine rings is 1. The number of aromatic amines is 1. The number of anilines is 1. The number of halogens is 1. The molecule has 0 bridgehead atoms. The highest BCUT2D eigenvalue weighted by molar-refractivity contribution is 6.30. The summed E-state index contributed by atoms with van der Waals surface area (Å²) in [5.74, 6) is 0.674. The minimum Gasteiger partial charge on any atom is -0.376 e. The molecule has 1 N–H and O–H groups in total. The Morgan fingerprint density at radius 2 is 2.00 bits per heavy atom. The van der Waals surface area contributed by atoms with Crippen LogP contribution < -0.4 is 10.5 Å². The van der Waals surface area contributed by atoms with Gasteiger partial charge in [0.1, 0.15) is 6.04 Å². The van der Waals surface area contributed by atoms with E-state index >= 15 is 0 Å². The third-order valence-corrected chi connectivity index (χ3v) is 7.93. The molecule has 0 aliphatic carbocycles. The van der Waals surface area contributed by atoms with Crippen LogP contribution in [0.15, 0.2) is 53.3 Å². The van der Waals surface area contributed by atoms with Crippen LogP contribution in [0, 0.1) is 0 Å². The lowest BCUT2D eigenvalue weighted by molar-refractivity contribution is 0.0906. The summed E-state index contributed by atoms with van der Waals surface area (Å²) in [6.07, 6.45) is 3.04. The van der Waals surface area contributed by atoms with E-state index in [1.54, 1.807) is 0 Å². The molecule has 0 amide bonds. The van der Waals surface area contributed by atoms with Crippen molar-refractivity contribution in [3.63, 3.8) is 0 Å². The third kappa shape index (κ3) is 5.06. The Labute approximate surface area is 226 Å². The monoisotopic (exact) mass is 533 g/mol. The summed E-state index contributed by atoms with van der Waals surface area (Å²) in [7, 11) is 0. The molecular formula is C28H32ClN7O2. The number of tetrazole rings is 1. The number of H-pyrrole nitrogens is 1. The first-order valence-electron chi connectivity index (χ1n) is 13.4. The lowest BCUT2D eigenvalue weighted by Crippen LogP contribution is -2.49. The molecule has 4 aromatic rings. The lowest BCUT2D eigenvalue weighted by atomic mass is 10.0. The zero-order chi connectivity index (χ0) is 26.1. The molecule has 0 unspecified atom stereocenters. The van der Waals surface area contributed by atoms with Crippen LogP contribution in [0.2, 0.25) is 5.02 Å². The van der Waals surface area contributed by atoms with Gasteiger partial charge in [0.25, 0.3) is 5.56 Å². The van der Waals surface area contributed by atoms with Crippen molar-refractivity contribution in [1.82, 2.24) is 30.1 Å². The molecule has 6 rings (SSSR count). The maximum Gasteiger partial charge on any atom is 0.253 e. The average molecular weight is 534 g/mol. The Morgan fingerprint density at radius 3 is 2.76 bits per heavy atom. The van der Waals surface area contributed by atoms with Gasteiger partial charge in [0.15, 0.2) is 5.82 Å². The predicted molar refractivity (Wildman–Crippen MR) is 148 cm³/mol. The van der Waals surface area contributed by atoms with E-state index in [4.69, 9.17) is 16.3 Å². The van der Waals surface area contributed by atoms with E-state index in [0.717, 1.165) is 73.7 Å². The number of aromatic nitrogens is 5. The smallest absolute Gasteiger partial charge is 0.253 e. The average Bonchev–Trinajstić information content (AvgIpc) is 3.62. The molecule has 10 heteroatoms. The largest absolute Gasteiger partial charge is 0.376 e. The van der Waals surface area contributed by atoms with E-state index in [2.05, 4.69) is 55.4 Å². The van der Waals surface area contributed by atoms with Crippen LogP contribution in [0.25, 0.3) is 10.9 Å². The van der Waals surface area contributed by atoms with E-state index in [-0.39, 0.29) is 17.7 Å². The maximum atomic E-state index is 13.5. The van der Waals surface area contributed by atoms with Gasteiger partial charge in [-0.3, -0.25) is 9.69 Å². The zero-order valence-corrected chi connectivity index (χ0v) is 22.3. The summed E-state index contributed by atoms with van der Waals surface area (Å²) in [6.45, 7) is 6.57. The second kappa shape index (κ2) is 10.8. The number of hydrogen-bond acceptors (Lipinski definition) is 7. The SMILES string of the molecule is CCc1ccc2[nH]c(=O)c([C@@H](c3nnnn3C[C@H]3CCCO3)N3CCN(c4cccc(Cl)c4)CC3)cc2c1. The van der Waals surface area contributed by atoms with Gasteiger partial charge in [-0.15, -0.1) is 5.10 Å². The van der Waals surface area contributed by atoms with Gasteiger partial charge >= 0.3 is 0 Å². The highest BCUT2D eigenvalue weighted by Gasteiger charge is 2.33. The van der Waals surface area contributed by atoms with Gasteiger partial charge in [-0.1, -0.05) is 30.7 Å². The number of aryl methyl sites for hydroxylation is 1. The molecule has 0 saturated carbocycles. The van der Waals surface area contributed by atoms with Crippen molar-refractivity contribution in [2.24, 2.45) is 0 Å². The van der Waals surface area contributed by atoms with Crippen LogP contribution in [0.3, 0.4) is 0 Å². The highest BCUT2D eigenvalue weighted by Crippen LogP contribution is 2.30. The van der Waals surface area contributed by atoms with E-state index < -0.39 is 0 Å². The van der Waals surface area contributed by atoms with Crippen molar-refractivity contribution >= 4 is 28.2 Å². The Morgan fingerprint density at radius 1 is 1.13 bits per heavy atom. The number of piperazine rings is 1. The molecule has 2 fully saturated rings. The zero-order valence-electron chi connectivity index (χ0n) is 21.5. The van der Waals surface area contributed by atoms with Gasteiger partial charge in [0, 0.05) is 54.6 Å². The standard InChI is InChI=1S/C28H32ClN7O2/c1-2-19-8-9-25-20(15-19)16-24(28(37)30-25)26(27-31-32-33-36(27)18-23-7-4-14-38-23)35-12-10-34(11-13-35)22-6-3-5-21(29)17-22/h3,5-6,8-9,15-17,23,26H,2,4,7,10-14,18H2,1H3,(H,30,37)/t23-,26+/m1/s1.